The summed E-state index contributed by atoms with van der Waals surface area (Å²) >= 11 is 0. The average Bonchev–Trinajstić information content (AvgIpc) is 2.63. The molecular formula is C27H45N3O4. The van der Waals surface area contributed by atoms with Gasteiger partial charge in [0.1, 0.15) is 17.7 Å². The summed E-state index contributed by atoms with van der Waals surface area (Å²) in [6.45, 7) is 21.1. The second-order valence-corrected chi connectivity index (χ2v) is 11.4. The van der Waals surface area contributed by atoms with Crippen molar-refractivity contribution in [2.75, 3.05) is 6.54 Å². The molecule has 0 aromatic heterocycles. The lowest BCUT2D eigenvalue weighted by Gasteiger charge is -2.36. The number of hydrogen-bond donors (Lipinski definition) is 2. The highest BCUT2D eigenvalue weighted by Crippen LogP contribution is 2.29. The van der Waals surface area contributed by atoms with Crippen LogP contribution in [0.3, 0.4) is 0 Å². The lowest BCUT2D eigenvalue weighted by atomic mass is 9.92. The summed E-state index contributed by atoms with van der Waals surface area (Å²) in [5, 5.41) is 5.81. The number of hydrogen-bond acceptors (Lipinski definition) is 4. The van der Waals surface area contributed by atoms with E-state index < -0.39 is 29.3 Å². The molecule has 0 radical (unpaired) electrons. The van der Waals surface area contributed by atoms with E-state index in [1.54, 1.807) is 25.7 Å². The molecule has 2 unspecified atom stereocenters. The Hall–Kier alpha value is -2.57. The highest BCUT2D eigenvalue weighted by Gasteiger charge is 2.37. The number of nitrogens with zero attached hydrogens (tertiary/aromatic N) is 1. The number of nitrogens with one attached hydrogen (secondary N) is 2. The maximum Gasteiger partial charge on any atom is 0.408 e. The van der Waals surface area contributed by atoms with E-state index in [1.807, 2.05) is 73.6 Å². The zero-order chi connectivity index (χ0) is 26.4. The molecule has 2 N–H and O–H groups in total. The molecule has 2 atom stereocenters. The Labute approximate surface area is 206 Å². The summed E-state index contributed by atoms with van der Waals surface area (Å²) in [7, 11) is 0. The molecule has 0 aliphatic rings. The van der Waals surface area contributed by atoms with Crippen LogP contribution in [0.5, 0.6) is 0 Å². The van der Waals surface area contributed by atoms with Gasteiger partial charge in [-0.3, -0.25) is 9.59 Å². The summed E-state index contributed by atoms with van der Waals surface area (Å²) in [5.74, 6) is -0.413. The first-order valence-electron chi connectivity index (χ1n) is 12.1. The fraction of sp³-hybridized carbons (Fsp3) is 0.667. The van der Waals surface area contributed by atoms with Gasteiger partial charge in [-0.25, -0.2) is 4.79 Å². The van der Waals surface area contributed by atoms with E-state index in [0.717, 1.165) is 16.7 Å². The molecule has 192 valence electrons. The standard InChI is InChI=1S/C27H45N3O4/c1-12-30(24(32)20(16-17(2)3)28-25(33)34-27(9,10)11)22(23(31)29-26(6,7)8)21-18(4)14-13-15-19(21)5/h13-15,17,20,22H,12,16H2,1-11H3,(H,28,33)(H,29,31). The molecule has 7 nitrogen and oxygen atoms in total. The molecule has 0 bridgehead atoms. The quantitative estimate of drug-likeness (QED) is 0.551. The minimum atomic E-state index is -0.826. The number of likely N-dealkylation sites (N-methyl/N-ethyl adjacent to an activating group) is 1. The van der Waals surface area contributed by atoms with E-state index in [1.165, 1.54) is 0 Å². The summed E-state index contributed by atoms with van der Waals surface area (Å²) in [6.07, 6.45) is -0.222. The van der Waals surface area contributed by atoms with Crippen LogP contribution in [0.25, 0.3) is 0 Å². The SMILES string of the molecule is CCN(C(=O)C(CC(C)C)NC(=O)OC(C)(C)C)C(C(=O)NC(C)(C)C)c1c(C)cccc1C. The van der Waals surface area contributed by atoms with Crippen LogP contribution in [0.1, 0.15) is 91.5 Å². The van der Waals surface area contributed by atoms with Crippen molar-refractivity contribution in [2.24, 2.45) is 5.92 Å². The molecule has 0 aliphatic carbocycles. The summed E-state index contributed by atoms with van der Waals surface area (Å²) < 4.78 is 5.41. The van der Waals surface area contributed by atoms with Crippen molar-refractivity contribution in [3.63, 3.8) is 0 Å². The molecule has 1 aromatic carbocycles. The lowest BCUT2D eigenvalue weighted by Crippen LogP contribution is -2.55. The highest BCUT2D eigenvalue weighted by molar-refractivity contribution is 5.92. The van der Waals surface area contributed by atoms with Gasteiger partial charge in [0.25, 0.3) is 0 Å². The van der Waals surface area contributed by atoms with Gasteiger partial charge in [-0.15, -0.1) is 0 Å². The van der Waals surface area contributed by atoms with Gasteiger partial charge in [0.05, 0.1) is 0 Å². The number of carbonyl (C=O) groups is 3. The molecule has 0 saturated heterocycles. The maximum atomic E-state index is 13.9. The van der Waals surface area contributed by atoms with E-state index >= 15 is 0 Å². The second kappa shape index (κ2) is 11.7. The van der Waals surface area contributed by atoms with Crippen molar-refractivity contribution in [1.82, 2.24) is 15.5 Å². The number of benzene rings is 1. The summed E-state index contributed by atoms with van der Waals surface area (Å²) in [4.78, 5) is 41.6. The van der Waals surface area contributed by atoms with Crippen molar-refractivity contribution in [3.05, 3.63) is 34.9 Å². The highest BCUT2D eigenvalue weighted by atomic mass is 16.6. The molecule has 0 aliphatic heterocycles. The first-order valence-corrected chi connectivity index (χ1v) is 12.1. The molecule has 0 saturated carbocycles. The molecule has 0 spiro atoms. The number of aryl methyl sites for hydroxylation is 2. The largest absolute Gasteiger partial charge is 0.444 e. The third-order valence-electron chi connectivity index (χ3n) is 5.19. The first-order chi connectivity index (χ1) is 15.5. The Balaban J connectivity index is 3.49. The average molecular weight is 476 g/mol. The zero-order valence-electron chi connectivity index (χ0n) is 23.0. The molecule has 1 rings (SSSR count). The van der Waals surface area contributed by atoms with Gasteiger partial charge in [0, 0.05) is 12.1 Å². The minimum Gasteiger partial charge on any atom is -0.444 e. The van der Waals surface area contributed by atoms with E-state index in [-0.39, 0.29) is 17.7 Å². The first kappa shape index (κ1) is 29.5. The lowest BCUT2D eigenvalue weighted by molar-refractivity contribution is -0.143. The molecular weight excluding hydrogens is 430 g/mol. The summed E-state index contributed by atoms with van der Waals surface area (Å²) in [6, 6.07) is 4.19. The van der Waals surface area contributed by atoms with Gasteiger partial charge in [0.2, 0.25) is 11.8 Å². The smallest absolute Gasteiger partial charge is 0.408 e. The van der Waals surface area contributed by atoms with Gasteiger partial charge in [-0.2, -0.15) is 0 Å². The Morgan fingerprint density at radius 1 is 1.00 bits per heavy atom. The van der Waals surface area contributed by atoms with Crippen LogP contribution < -0.4 is 10.6 Å². The van der Waals surface area contributed by atoms with Crippen LogP contribution in [-0.2, 0) is 14.3 Å². The van der Waals surface area contributed by atoms with Crippen LogP contribution in [0.4, 0.5) is 4.79 Å². The number of amides is 3. The number of carbonyl (C=O) groups excluding carboxylic acids is 3. The minimum absolute atomic E-state index is 0.143. The Morgan fingerprint density at radius 2 is 1.53 bits per heavy atom. The third kappa shape index (κ3) is 8.99. The Morgan fingerprint density at radius 3 is 1.94 bits per heavy atom. The predicted molar refractivity (Wildman–Crippen MR) is 137 cm³/mol. The van der Waals surface area contributed by atoms with Crippen molar-refractivity contribution in [2.45, 2.75) is 106 Å². The van der Waals surface area contributed by atoms with E-state index in [4.69, 9.17) is 4.74 Å². The topological polar surface area (TPSA) is 87.7 Å². The van der Waals surface area contributed by atoms with Gasteiger partial charge in [-0.1, -0.05) is 32.0 Å². The van der Waals surface area contributed by atoms with Crippen molar-refractivity contribution >= 4 is 17.9 Å². The zero-order valence-corrected chi connectivity index (χ0v) is 23.0. The molecule has 0 heterocycles. The summed E-state index contributed by atoms with van der Waals surface area (Å²) in [5.41, 5.74) is 1.51. The van der Waals surface area contributed by atoms with Crippen molar-refractivity contribution in [1.29, 1.82) is 0 Å². The van der Waals surface area contributed by atoms with Crippen LogP contribution in [0.15, 0.2) is 18.2 Å². The molecule has 0 fully saturated rings. The number of ether oxygens (including phenoxy) is 1. The number of alkyl carbamates (subject to hydrolysis) is 1. The number of rotatable bonds is 8. The van der Waals surface area contributed by atoms with Crippen LogP contribution >= 0.6 is 0 Å². The fourth-order valence-corrected chi connectivity index (χ4v) is 3.93. The monoisotopic (exact) mass is 475 g/mol. The van der Waals surface area contributed by atoms with E-state index in [9.17, 15) is 14.4 Å². The maximum absolute atomic E-state index is 13.9. The van der Waals surface area contributed by atoms with Crippen LogP contribution in [0, 0.1) is 19.8 Å². The predicted octanol–water partition coefficient (Wildman–Crippen LogP) is 5.05. The third-order valence-corrected chi connectivity index (χ3v) is 5.19. The van der Waals surface area contributed by atoms with Gasteiger partial charge < -0.3 is 20.3 Å². The Bertz CT molecular complexity index is 845. The van der Waals surface area contributed by atoms with E-state index in [2.05, 4.69) is 10.6 Å². The molecule has 34 heavy (non-hydrogen) atoms. The molecule has 1 aromatic rings. The van der Waals surface area contributed by atoms with Gasteiger partial charge in [0.15, 0.2) is 0 Å². The van der Waals surface area contributed by atoms with E-state index in [0.29, 0.717) is 13.0 Å². The van der Waals surface area contributed by atoms with Crippen molar-refractivity contribution < 1.29 is 19.1 Å². The van der Waals surface area contributed by atoms with Gasteiger partial charge >= 0.3 is 6.09 Å². The Kier molecular flexibility index (Phi) is 10.2. The van der Waals surface area contributed by atoms with Crippen molar-refractivity contribution in [3.8, 4) is 0 Å². The molecule has 7 heteroatoms. The normalized spacial score (nSPS) is 13.8. The van der Waals surface area contributed by atoms with Gasteiger partial charge in [-0.05, 0) is 91.3 Å². The van der Waals surface area contributed by atoms with Crippen LogP contribution in [0.2, 0.25) is 0 Å². The fourth-order valence-electron chi connectivity index (χ4n) is 3.93. The second-order valence-electron chi connectivity index (χ2n) is 11.4. The van der Waals surface area contributed by atoms with Crippen LogP contribution in [-0.4, -0.2) is 46.5 Å². The molecule has 3 amide bonds.